The highest BCUT2D eigenvalue weighted by Crippen LogP contribution is 2.17. The van der Waals surface area contributed by atoms with Crippen LogP contribution in [0.3, 0.4) is 0 Å². The van der Waals surface area contributed by atoms with Crippen LogP contribution in [0.2, 0.25) is 0 Å². The Labute approximate surface area is 92.4 Å². The van der Waals surface area contributed by atoms with Gasteiger partial charge >= 0.3 is 0 Å². The van der Waals surface area contributed by atoms with Crippen LogP contribution in [0, 0.1) is 11.6 Å². The summed E-state index contributed by atoms with van der Waals surface area (Å²) in [5, 5.41) is 2.46. The van der Waals surface area contributed by atoms with Crippen molar-refractivity contribution in [1.29, 1.82) is 0 Å². The molecule has 0 aliphatic rings. The Morgan fingerprint density at radius 1 is 1.44 bits per heavy atom. The van der Waals surface area contributed by atoms with Crippen LogP contribution >= 0.6 is 0 Å². The van der Waals surface area contributed by atoms with Crippen molar-refractivity contribution in [1.82, 2.24) is 5.32 Å². The van der Waals surface area contributed by atoms with Crippen molar-refractivity contribution >= 4 is 5.91 Å². The van der Waals surface area contributed by atoms with Gasteiger partial charge in [0.1, 0.15) is 5.82 Å². The molecule has 1 aromatic carbocycles. The molecule has 0 fully saturated rings. The maximum Gasteiger partial charge on any atom is 0.219 e. The summed E-state index contributed by atoms with van der Waals surface area (Å²) in [6.07, 6.45) is 0.801. The molecule has 3 nitrogen and oxygen atoms in total. The van der Waals surface area contributed by atoms with E-state index in [0.717, 1.165) is 12.1 Å². The van der Waals surface area contributed by atoms with E-state index in [1.807, 2.05) is 0 Å². The monoisotopic (exact) mass is 229 g/mol. The van der Waals surface area contributed by atoms with Gasteiger partial charge in [-0.05, 0) is 18.6 Å². The molecule has 0 heterocycles. The molecule has 88 valence electrons. The van der Waals surface area contributed by atoms with Crippen LogP contribution in [0.5, 0.6) is 5.75 Å². The Balaban J connectivity index is 2.35. The topological polar surface area (TPSA) is 38.3 Å². The van der Waals surface area contributed by atoms with Crippen molar-refractivity contribution in [2.24, 2.45) is 0 Å². The minimum absolute atomic E-state index is 0.00157. The number of hydrogen-bond donors (Lipinski definition) is 1. The third-order valence-electron chi connectivity index (χ3n) is 1.98. The van der Waals surface area contributed by atoms with Crippen molar-refractivity contribution in [2.45, 2.75) is 12.8 Å². The van der Waals surface area contributed by atoms with E-state index in [2.05, 4.69) is 5.32 Å². The summed E-state index contributed by atoms with van der Waals surface area (Å²) in [5.74, 6) is -1.48. The summed E-state index contributed by atoms with van der Waals surface area (Å²) in [6, 6.07) is 3.11. The number of carbonyl (C=O) groups is 1. The van der Waals surface area contributed by atoms with Crippen LogP contribution in [0.15, 0.2) is 18.2 Å². The number of ether oxygens (including phenoxy) is 1. The van der Waals surface area contributed by atoms with E-state index < -0.39 is 11.6 Å². The molecule has 1 rings (SSSR count). The summed E-state index contributed by atoms with van der Waals surface area (Å²) >= 11 is 0. The Morgan fingerprint density at radius 2 is 2.19 bits per heavy atom. The molecule has 0 unspecified atom stereocenters. The summed E-state index contributed by atoms with van der Waals surface area (Å²) < 4.78 is 30.7. The minimum Gasteiger partial charge on any atom is -0.491 e. The Hall–Kier alpha value is -1.65. The van der Waals surface area contributed by atoms with Gasteiger partial charge in [0, 0.05) is 19.5 Å². The molecule has 1 N–H and O–H groups in total. The fourth-order valence-electron chi connectivity index (χ4n) is 1.13. The van der Waals surface area contributed by atoms with Crippen molar-refractivity contribution in [3.63, 3.8) is 0 Å². The fourth-order valence-corrected chi connectivity index (χ4v) is 1.13. The van der Waals surface area contributed by atoms with E-state index in [1.54, 1.807) is 7.05 Å². The average Bonchev–Trinajstić information content (AvgIpc) is 2.26. The molecule has 0 saturated heterocycles. The molecule has 0 atom stereocenters. The van der Waals surface area contributed by atoms with Gasteiger partial charge in [0.25, 0.3) is 0 Å². The lowest BCUT2D eigenvalue weighted by Gasteiger charge is -2.06. The number of rotatable bonds is 5. The number of benzene rings is 1. The van der Waals surface area contributed by atoms with Crippen molar-refractivity contribution in [3.05, 3.63) is 29.8 Å². The first kappa shape index (κ1) is 12.4. The average molecular weight is 229 g/mol. The number of hydrogen-bond acceptors (Lipinski definition) is 2. The van der Waals surface area contributed by atoms with Gasteiger partial charge in [-0.3, -0.25) is 4.79 Å². The second-order valence-electron chi connectivity index (χ2n) is 3.20. The molecule has 0 radical (unpaired) electrons. The molecular formula is C11H13F2NO2. The summed E-state index contributed by atoms with van der Waals surface area (Å²) in [4.78, 5) is 10.8. The van der Waals surface area contributed by atoms with Crippen LogP contribution in [-0.4, -0.2) is 19.6 Å². The van der Waals surface area contributed by atoms with Gasteiger partial charge in [0.2, 0.25) is 5.91 Å². The van der Waals surface area contributed by atoms with Crippen LogP contribution < -0.4 is 10.1 Å². The molecule has 5 heteroatoms. The molecule has 0 saturated carbocycles. The SMILES string of the molecule is CNC(=O)CCCOc1ccc(F)cc1F. The van der Waals surface area contributed by atoms with Crippen molar-refractivity contribution < 1.29 is 18.3 Å². The van der Waals surface area contributed by atoms with Crippen molar-refractivity contribution in [3.8, 4) is 5.75 Å². The summed E-state index contributed by atoms with van der Waals surface area (Å²) in [5.41, 5.74) is 0. The molecule has 0 aliphatic heterocycles. The smallest absolute Gasteiger partial charge is 0.219 e. The number of carbonyl (C=O) groups excluding carboxylic acids is 1. The maximum absolute atomic E-state index is 13.1. The molecular weight excluding hydrogens is 216 g/mol. The van der Waals surface area contributed by atoms with E-state index in [4.69, 9.17) is 4.74 Å². The van der Waals surface area contributed by atoms with Crippen molar-refractivity contribution in [2.75, 3.05) is 13.7 Å². The predicted molar refractivity (Wildman–Crippen MR) is 55.2 cm³/mol. The quantitative estimate of drug-likeness (QED) is 0.783. The Kier molecular flexibility index (Phi) is 4.69. The Bertz CT molecular complexity index is 369. The van der Waals surface area contributed by atoms with Gasteiger partial charge in [0.05, 0.1) is 6.61 Å². The van der Waals surface area contributed by atoms with Crippen LogP contribution in [0.4, 0.5) is 8.78 Å². The van der Waals surface area contributed by atoms with Gasteiger partial charge in [-0.15, -0.1) is 0 Å². The lowest BCUT2D eigenvalue weighted by molar-refractivity contribution is -0.120. The third-order valence-corrected chi connectivity index (χ3v) is 1.98. The highest BCUT2D eigenvalue weighted by molar-refractivity contribution is 5.75. The normalized spacial score (nSPS) is 9.94. The first-order chi connectivity index (χ1) is 7.63. The molecule has 16 heavy (non-hydrogen) atoms. The summed E-state index contributed by atoms with van der Waals surface area (Å²) in [6.45, 7) is 0.218. The second kappa shape index (κ2) is 6.05. The first-order valence-electron chi connectivity index (χ1n) is 4.92. The third kappa shape index (κ3) is 3.84. The van der Waals surface area contributed by atoms with Crippen LogP contribution in [0.25, 0.3) is 0 Å². The molecule has 1 amide bonds. The molecule has 0 aromatic heterocycles. The number of halogens is 2. The van der Waals surface area contributed by atoms with E-state index in [1.165, 1.54) is 6.07 Å². The van der Waals surface area contributed by atoms with E-state index in [9.17, 15) is 13.6 Å². The fraction of sp³-hybridized carbons (Fsp3) is 0.364. The summed E-state index contributed by atoms with van der Waals surface area (Å²) in [7, 11) is 1.54. The first-order valence-corrected chi connectivity index (χ1v) is 4.92. The lowest BCUT2D eigenvalue weighted by Crippen LogP contribution is -2.18. The highest BCUT2D eigenvalue weighted by Gasteiger charge is 2.05. The van der Waals surface area contributed by atoms with Gasteiger partial charge < -0.3 is 10.1 Å². The lowest BCUT2D eigenvalue weighted by atomic mass is 10.3. The van der Waals surface area contributed by atoms with Gasteiger partial charge in [-0.1, -0.05) is 0 Å². The molecule has 0 spiro atoms. The molecule has 1 aromatic rings. The van der Waals surface area contributed by atoms with E-state index in [-0.39, 0.29) is 18.3 Å². The zero-order valence-electron chi connectivity index (χ0n) is 8.93. The molecule has 0 bridgehead atoms. The zero-order valence-corrected chi connectivity index (χ0v) is 8.93. The number of amides is 1. The van der Waals surface area contributed by atoms with Gasteiger partial charge in [0.15, 0.2) is 11.6 Å². The van der Waals surface area contributed by atoms with Crippen LogP contribution in [0.1, 0.15) is 12.8 Å². The second-order valence-corrected chi connectivity index (χ2v) is 3.20. The highest BCUT2D eigenvalue weighted by atomic mass is 19.1. The number of nitrogens with one attached hydrogen (secondary N) is 1. The maximum atomic E-state index is 13.1. The van der Waals surface area contributed by atoms with Gasteiger partial charge in [-0.25, -0.2) is 8.78 Å². The standard InChI is InChI=1S/C11H13F2NO2/c1-14-11(15)3-2-6-16-10-5-4-8(12)7-9(10)13/h4-5,7H,2-3,6H2,1H3,(H,14,15). The Morgan fingerprint density at radius 3 is 2.81 bits per heavy atom. The van der Waals surface area contributed by atoms with Gasteiger partial charge in [-0.2, -0.15) is 0 Å². The molecule has 0 aliphatic carbocycles. The van der Waals surface area contributed by atoms with E-state index >= 15 is 0 Å². The van der Waals surface area contributed by atoms with E-state index in [0.29, 0.717) is 12.8 Å². The minimum atomic E-state index is -0.736. The van der Waals surface area contributed by atoms with Crippen LogP contribution in [-0.2, 0) is 4.79 Å². The zero-order chi connectivity index (χ0) is 12.0. The predicted octanol–water partition coefficient (Wildman–Crippen LogP) is 1.87. The largest absolute Gasteiger partial charge is 0.491 e.